The van der Waals surface area contributed by atoms with Crippen LogP contribution in [0.15, 0.2) is 35.2 Å². The van der Waals surface area contributed by atoms with Crippen LogP contribution in [0.1, 0.15) is 37.9 Å². The van der Waals surface area contributed by atoms with Crippen LogP contribution in [0.3, 0.4) is 0 Å². The van der Waals surface area contributed by atoms with Gasteiger partial charge in [0.1, 0.15) is 0 Å². The van der Waals surface area contributed by atoms with E-state index in [1.165, 1.54) is 31.2 Å². The zero-order valence-electron chi connectivity index (χ0n) is 13.9. The Morgan fingerprint density at radius 1 is 1.16 bits per heavy atom. The molecule has 0 saturated heterocycles. The molecule has 1 aromatic heterocycles. The van der Waals surface area contributed by atoms with Crippen molar-refractivity contribution in [1.82, 2.24) is 4.98 Å². The first-order valence-electron chi connectivity index (χ1n) is 7.58. The number of rotatable bonds is 4. The van der Waals surface area contributed by atoms with E-state index in [-0.39, 0.29) is 33.5 Å². The Kier molecular flexibility index (Phi) is 5.49. The van der Waals surface area contributed by atoms with Gasteiger partial charge in [-0.25, -0.2) is 8.42 Å². The predicted molar refractivity (Wildman–Crippen MR) is 91.5 cm³/mol. The fourth-order valence-electron chi connectivity index (χ4n) is 2.37. The van der Waals surface area contributed by atoms with Gasteiger partial charge in [0.25, 0.3) is 0 Å². The number of benzene rings is 1. The fourth-order valence-corrected chi connectivity index (χ4v) is 3.71. The summed E-state index contributed by atoms with van der Waals surface area (Å²) in [5, 5.41) is 0.381. The fraction of sp³-hybridized carbons (Fsp3) is 0.353. The highest BCUT2D eigenvalue weighted by atomic mass is 35.5. The van der Waals surface area contributed by atoms with Crippen LogP contribution in [0, 0.1) is 0 Å². The average Bonchev–Trinajstić information content (AvgIpc) is 2.53. The molecule has 0 fully saturated rings. The summed E-state index contributed by atoms with van der Waals surface area (Å²) in [7, 11) is -3.85. The standard InChI is InChI=1S/C17H17ClF3NO2S/c1-4-25(23,24)14-9-13(17(19,20)21)16(22-15(14)10(2)3)11-5-7-12(18)8-6-11/h5-10H,4H2,1-3H3. The third kappa shape index (κ3) is 4.15. The molecular formula is C17H17ClF3NO2S. The number of aromatic nitrogens is 1. The topological polar surface area (TPSA) is 47.0 Å². The van der Waals surface area contributed by atoms with Crippen molar-refractivity contribution in [2.45, 2.75) is 37.8 Å². The van der Waals surface area contributed by atoms with E-state index in [0.29, 0.717) is 11.1 Å². The van der Waals surface area contributed by atoms with Crippen molar-refractivity contribution < 1.29 is 21.6 Å². The third-order valence-corrected chi connectivity index (χ3v) is 5.71. The molecule has 25 heavy (non-hydrogen) atoms. The molecule has 0 bridgehead atoms. The van der Waals surface area contributed by atoms with Crippen molar-refractivity contribution in [3.63, 3.8) is 0 Å². The van der Waals surface area contributed by atoms with Gasteiger partial charge in [0, 0.05) is 10.6 Å². The Bertz CT molecular complexity index is 876. The molecule has 0 aliphatic rings. The average molecular weight is 392 g/mol. The number of hydrogen-bond acceptors (Lipinski definition) is 3. The first kappa shape index (κ1) is 19.7. The molecular weight excluding hydrogens is 375 g/mol. The quantitative estimate of drug-likeness (QED) is 0.706. The lowest BCUT2D eigenvalue weighted by atomic mass is 10.0. The summed E-state index contributed by atoms with van der Waals surface area (Å²) in [6.07, 6.45) is -4.74. The molecule has 0 atom stereocenters. The van der Waals surface area contributed by atoms with Crippen LogP contribution in [-0.2, 0) is 16.0 Å². The zero-order valence-corrected chi connectivity index (χ0v) is 15.4. The van der Waals surface area contributed by atoms with E-state index in [1.807, 2.05) is 0 Å². The number of hydrogen-bond donors (Lipinski definition) is 0. The predicted octanol–water partition coefficient (Wildman–Crippen LogP) is 5.34. The van der Waals surface area contributed by atoms with Crippen LogP contribution < -0.4 is 0 Å². The molecule has 2 rings (SSSR count). The highest BCUT2D eigenvalue weighted by Crippen LogP contribution is 2.39. The maximum atomic E-state index is 13.6. The van der Waals surface area contributed by atoms with Gasteiger partial charge < -0.3 is 0 Å². The van der Waals surface area contributed by atoms with E-state index in [1.54, 1.807) is 13.8 Å². The van der Waals surface area contributed by atoms with Crippen molar-refractivity contribution in [1.29, 1.82) is 0 Å². The van der Waals surface area contributed by atoms with Crippen molar-refractivity contribution in [2.75, 3.05) is 5.75 Å². The van der Waals surface area contributed by atoms with Crippen molar-refractivity contribution >= 4 is 21.4 Å². The molecule has 0 aliphatic heterocycles. The molecule has 0 unspecified atom stereocenters. The lowest BCUT2D eigenvalue weighted by Crippen LogP contribution is -2.16. The molecule has 0 saturated carbocycles. The number of halogens is 4. The normalized spacial score (nSPS) is 12.6. The summed E-state index contributed by atoms with van der Waals surface area (Å²) in [5.41, 5.74) is -1.03. The molecule has 0 N–H and O–H groups in total. The minimum atomic E-state index is -4.74. The highest BCUT2D eigenvalue weighted by molar-refractivity contribution is 7.91. The first-order chi connectivity index (χ1) is 11.5. The lowest BCUT2D eigenvalue weighted by molar-refractivity contribution is -0.137. The third-order valence-electron chi connectivity index (χ3n) is 3.70. The van der Waals surface area contributed by atoms with E-state index in [9.17, 15) is 21.6 Å². The molecule has 1 heterocycles. The molecule has 0 radical (unpaired) electrons. The van der Waals surface area contributed by atoms with Crippen LogP contribution in [0.5, 0.6) is 0 Å². The van der Waals surface area contributed by atoms with Gasteiger partial charge in [0.05, 0.1) is 27.6 Å². The van der Waals surface area contributed by atoms with Crippen LogP contribution in [0.25, 0.3) is 11.3 Å². The second-order valence-corrected chi connectivity index (χ2v) is 8.51. The maximum absolute atomic E-state index is 13.6. The SMILES string of the molecule is CCS(=O)(=O)c1cc(C(F)(F)F)c(-c2ccc(Cl)cc2)nc1C(C)C. The van der Waals surface area contributed by atoms with Crippen LogP contribution in [0.4, 0.5) is 13.2 Å². The summed E-state index contributed by atoms with van der Waals surface area (Å²) >= 11 is 5.79. The monoisotopic (exact) mass is 391 g/mol. The number of pyridine rings is 1. The number of sulfone groups is 1. The molecule has 1 aromatic carbocycles. The van der Waals surface area contributed by atoms with Gasteiger partial charge >= 0.3 is 6.18 Å². The van der Waals surface area contributed by atoms with Gasteiger partial charge in [-0.3, -0.25) is 4.98 Å². The van der Waals surface area contributed by atoms with E-state index < -0.39 is 21.6 Å². The summed E-state index contributed by atoms with van der Waals surface area (Å²) in [6, 6.07) is 6.48. The summed E-state index contributed by atoms with van der Waals surface area (Å²) in [6.45, 7) is 4.77. The van der Waals surface area contributed by atoms with Crippen LogP contribution >= 0.6 is 11.6 Å². The maximum Gasteiger partial charge on any atom is 0.418 e. The molecule has 0 amide bonds. The molecule has 2 aromatic rings. The Morgan fingerprint density at radius 3 is 2.16 bits per heavy atom. The van der Waals surface area contributed by atoms with Crippen LogP contribution in [-0.4, -0.2) is 19.2 Å². The van der Waals surface area contributed by atoms with Gasteiger partial charge in [-0.1, -0.05) is 44.5 Å². The van der Waals surface area contributed by atoms with Crippen molar-refractivity contribution in [3.05, 3.63) is 46.6 Å². The van der Waals surface area contributed by atoms with E-state index in [2.05, 4.69) is 4.98 Å². The summed E-state index contributed by atoms with van der Waals surface area (Å²) in [4.78, 5) is 3.74. The minimum Gasteiger partial charge on any atom is -0.251 e. The van der Waals surface area contributed by atoms with Crippen molar-refractivity contribution in [3.8, 4) is 11.3 Å². The Hall–Kier alpha value is -1.60. The van der Waals surface area contributed by atoms with Gasteiger partial charge in [-0.15, -0.1) is 0 Å². The van der Waals surface area contributed by atoms with Gasteiger partial charge in [-0.05, 0) is 24.1 Å². The Labute approximate surface area is 149 Å². The Balaban J connectivity index is 2.88. The van der Waals surface area contributed by atoms with E-state index in [0.717, 1.165) is 0 Å². The summed E-state index contributed by atoms with van der Waals surface area (Å²) in [5.74, 6) is -0.656. The molecule has 3 nitrogen and oxygen atoms in total. The van der Waals surface area contributed by atoms with Gasteiger partial charge in [0.15, 0.2) is 9.84 Å². The second-order valence-electron chi connectivity index (χ2n) is 5.83. The van der Waals surface area contributed by atoms with E-state index in [4.69, 9.17) is 11.6 Å². The van der Waals surface area contributed by atoms with E-state index >= 15 is 0 Å². The Morgan fingerprint density at radius 2 is 1.72 bits per heavy atom. The summed E-state index contributed by atoms with van der Waals surface area (Å²) < 4.78 is 65.2. The first-order valence-corrected chi connectivity index (χ1v) is 9.61. The smallest absolute Gasteiger partial charge is 0.251 e. The largest absolute Gasteiger partial charge is 0.418 e. The lowest BCUT2D eigenvalue weighted by Gasteiger charge is -2.19. The van der Waals surface area contributed by atoms with Gasteiger partial charge in [-0.2, -0.15) is 13.2 Å². The van der Waals surface area contributed by atoms with Crippen molar-refractivity contribution in [2.24, 2.45) is 0 Å². The number of alkyl halides is 3. The highest BCUT2D eigenvalue weighted by Gasteiger charge is 2.37. The molecule has 8 heteroatoms. The van der Waals surface area contributed by atoms with Gasteiger partial charge in [0.2, 0.25) is 0 Å². The molecule has 0 aliphatic carbocycles. The van der Waals surface area contributed by atoms with Crippen LogP contribution in [0.2, 0.25) is 5.02 Å². The zero-order chi connectivity index (χ0) is 19.0. The molecule has 0 spiro atoms. The number of nitrogens with zero attached hydrogens (tertiary/aromatic N) is 1. The molecule has 136 valence electrons. The second kappa shape index (κ2) is 6.96. The minimum absolute atomic E-state index is 0.125.